The molecule has 2 rings (SSSR count). The first-order valence-electron chi connectivity index (χ1n) is 5.96. The molecule has 5 heteroatoms. The molecule has 1 N–H and O–H groups in total. The molecule has 1 aliphatic heterocycles. The molecule has 1 aromatic rings. The lowest BCUT2D eigenvalue weighted by molar-refractivity contribution is 0.345. The number of aromatic nitrogens is 1. The number of hydrogen-bond donors (Lipinski definition) is 1. The highest BCUT2D eigenvalue weighted by Crippen LogP contribution is 2.24. The average molecular weight is 363 g/mol. The summed E-state index contributed by atoms with van der Waals surface area (Å²) in [6, 6.07) is 2.02. The molecular weight excluding hydrogens is 346 g/mol. The molecule has 0 spiro atoms. The Labute approximate surface area is 119 Å². The molecule has 3 nitrogen and oxygen atoms in total. The van der Waals surface area contributed by atoms with Crippen molar-refractivity contribution in [1.29, 1.82) is 0 Å². The monoisotopic (exact) mass is 361 g/mol. The van der Waals surface area contributed by atoms with Gasteiger partial charge in [-0.15, -0.1) is 0 Å². The van der Waals surface area contributed by atoms with Gasteiger partial charge < -0.3 is 10.2 Å². The van der Waals surface area contributed by atoms with Crippen LogP contribution in [0.2, 0.25) is 0 Å². The zero-order valence-corrected chi connectivity index (χ0v) is 13.1. The Morgan fingerprint density at radius 2 is 2.35 bits per heavy atom. The number of pyridine rings is 1. The van der Waals surface area contributed by atoms with Crippen molar-refractivity contribution in [3.63, 3.8) is 0 Å². The first-order valence-corrected chi connectivity index (χ1v) is 7.55. The fourth-order valence-electron chi connectivity index (χ4n) is 2.15. The van der Waals surface area contributed by atoms with Gasteiger partial charge in [0.25, 0.3) is 0 Å². The summed E-state index contributed by atoms with van der Waals surface area (Å²) < 4.78 is 2.00. The van der Waals surface area contributed by atoms with Crippen molar-refractivity contribution in [2.24, 2.45) is 5.92 Å². The predicted molar refractivity (Wildman–Crippen MR) is 78.3 cm³/mol. The Balaban J connectivity index is 1.86. The normalized spacial score (nSPS) is 20.8. The molecule has 1 aromatic heterocycles. The van der Waals surface area contributed by atoms with E-state index in [1.807, 2.05) is 12.3 Å². The third-order valence-corrected chi connectivity index (χ3v) is 4.22. The number of halogens is 2. The summed E-state index contributed by atoms with van der Waals surface area (Å²) in [7, 11) is 0. The highest BCUT2D eigenvalue weighted by molar-refractivity contribution is 9.11. The molecule has 1 atom stereocenters. The number of nitrogens with one attached hydrogen (secondary N) is 1. The lowest BCUT2D eigenvalue weighted by Crippen LogP contribution is -2.22. The Morgan fingerprint density at radius 3 is 3.00 bits per heavy atom. The van der Waals surface area contributed by atoms with E-state index in [0.29, 0.717) is 0 Å². The lowest BCUT2D eigenvalue weighted by atomic mass is 10.1. The van der Waals surface area contributed by atoms with Crippen molar-refractivity contribution in [3.8, 4) is 0 Å². The van der Waals surface area contributed by atoms with Crippen molar-refractivity contribution in [1.82, 2.24) is 9.88 Å². The highest BCUT2D eigenvalue weighted by atomic mass is 79.9. The Hall–Kier alpha value is -0.130. The molecule has 0 saturated carbocycles. The maximum Gasteiger partial charge on any atom is 0.140 e. The van der Waals surface area contributed by atoms with Crippen LogP contribution in [0.15, 0.2) is 21.2 Å². The van der Waals surface area contributed by atoms with Gasteiger partial charge in [-0.25, -0.2) is 4.98 Å². The predicted octanol–water partition coefficient (Wildman–Crippen LogP) is 3.36. The van der Waals surface area contributed by atoms with E-state index in [4.69, 9.17) is 0 Å². The van der Waals surface area contributed by atoms with E-state index >= 15 is 0 Å². The van der Waals surface area contributed by atoms with Gasteiger partial charge in [-0.2, -0.15) is 0 Å². The van der Waals surface area contributed by atoms with Crippen LogP contribution in [0.25, 0.3) is 0 Å². The number of likely N-dealkylation sites (tertiary alicyclic amines) is 1. The lowest BCUT2D eigenvalue weighted by Gasteiger charge is -2.14. The van der Waals surface area contributed by atoms with Gasteiger partial charge >= 0.3 is 0 Å². The van der Waals surface area contributed by atoms with Gasteiger partial charge in [0.1, 0.15) is 5.82 Å². The van der Waals surface area contributed by atoms with Crippen molar-refractivity contribution in [2.75, 3.05) is 31.5 Å². The molecule has 0 amide bonds. The van der Waals surface area contributed by atoms with Crippen LogP contribution in [0.5, 0.6) is 0 Å². The summed E-state index contributed by atoms with van der Waals surface area (Å²) in [6.45, 7) is 6.83. The number of rotatable bonds is 4. The molecule has 1 unspecified atom stereocenters. The van der Waals surface area contributed by atoms with E-state index in [9.17, 15) is 0 Å². The fourth-order valence-corrected chi connectivity index (χ4v) is 3.28. The molecular formula is C12H17Br2N3. The molecule has 0 aromatic carbocycles. The summed E-state index contributed by atoms with van der Waals surface area (Å²) >= 11 is 6.92. The third-order valence-electron chi connectivity index (χ3n) is 3.18. The fraction of sp³-hybridized carbons (Fsp3) is 0.583. The molecule has 0 radical (unpaired) electrons. The average Bonchev–Trinajstić information content (AvgIpc) is 2.76. The standard InChI is InChI=1S/C12H17Br2N3/c1-2-17-4-3-9(8-17)6-15-12-11(14)5-10(13)7-16-12/h5,7,9H,2-4,6,8H2,1H3,(H,15,16). The maximum absolute atomic E-state index is 4.36. The third kappa shape index (κ3) is 3.66. The smallest absolute Gasteiger partial charge is 0.140 e. The van der Waals surface area contributed by atoms with Crippen LogP contribution in [0.3, 0.4) is 0 Å². The number of anilines is 1. The summed E-state index contributed by atoms with van der Waals surface area (Å²) in [5.41, 5.74) is 0. The molecule has 0 bridgehead atoms. The topological polar surface area (TPSA) is 28.2 Å². The second-order valence-corrected chi connectivity index (χ2v) is 6.18. The first kappa shape index (κ1) is 13.3. The van der Waals surface area contributed by atoms with Crippen molar-refractivity contribution >= 4 is 37.7 Å². The minimum Gasteiger partial charge on any atom is -0.369 e. The van der Waals surface area contributed by atoms with Crippen LogP contribution in [0, 0.1) is 5.92 Å². The minimum atomic E-state index is 0.743. The second kappa shape index (κ2) is 6.16. The van der Waals surface area contributed by atoms with Crippen molar-refractivity contribution in [3.05, 3.63) is 21.2 Å². The van der Waals surface area contributed by atoms with Crippen LogP contribution in [0.1, 0.15) is 13.3 Å². The van der Waals surface area contributed by atoms with Gasteiger partial charge in [0.2, 0.25) is 0 Å². The van der Waals surface area contributed by atoms with Crippen LogP contribution >= 0.6 is 31.9 Å². The Morgan fingerprint density at radius 1 is 1.53 bits per heavy atom. The van der Waals surface area contributed by atoms with E-state index in [-0.39, 0.29) is 0 Å². The van der Waals surface area contributed by atoms with E-state index in [2.05, 4.69) is 54.0 Å². The zero-order valence-electron chi connectivity index (χ0n) is 9.92. The van der Waals surface area contributed by atoms with Crippen molar-refractivity contribution < 1.29 is 0 Å². The highest BCUT2D eigenvalue weighted by Gasteiger charge is 2.20. The minimum absolute atomic E-state index is 0.743. The van der Waals surface area contributed by atoms with E-state index in [1.54, 1.807) is 0 Å². The van der Waals surface area contributed by atoms with Gasteiger partial charge in [-0.1, -0.05) is 6.92 Å². The van der Waals surface area contributed by atoms with Gasteiger partial charge in [-0.05, 0) is 63.4 Å². The molecule has 0 aliphatic carbocycles. The summed E-state index contributed by atoms with van der Waals surface area (Å²) in [4.78, 5) is 6.86. The number of hydrogen-bond acceptors (Lipinski definition) is 3. The van der Waals surface area contributed by atoms with Crippen LogP contribution in [0.4, 0.5) is 5.82 Å². The Bertz CT molecular complexity index is 384. The molecule has 2 heterocycles. The van der Waals surface area contributed by atoms with Gasteiger partial charge in [0.15, 0.2) is 0 Å². The number of nitrogens with zero attached hydrogens (tertiary/aromatic N) is 2. The molecule has 1 fully saturated rings. The molecule has 17 heavy (non-hydrogen) atoms. The van der Waals surface area contributed by atoms with E-state index < -0.39 is 0 Å². The second-order valence-electron chi connectivity index (χ2n) is 4.41. The molecule has 94 valence electrons. The van der Waals surface area contributed by atoms with Crippen molar-refractivity contribution in [2.45, 2.75) is 13.3 Å². The molecule has 1 aliphatic rings. The van der Waals surface area contributed by atoms with Gasteiger partial charge in [0.05, 0.1) is 4.47 Å². The molecule has 1 saturated heterocycles. The maximum atomic E-state index is 4.36. The summed E-state index contributed by atoms with van der Waals surface area (Å²) in [5.74, 6) is 1.68. The largest absolute Gasteiger partial charge is 0.369 e. The summed E-state index contributed by atoms with van der Waals surface area (Å²) in [5, 5.41) is 3.42. The van der Waals surface area contributed by atoms with Crippen LogP contribution in [-0.2, 0) is 0 Å². The quantitative estimate of drug-likeness (QED) is 0.890. The zero-order chi connectivity index (χ0) is 12.3. The van der Waals surface area contributed by atoms with Crippen LogP contribution < -0.4 is 5.32 Å². The van der Waals surface area contributed by atoms with E-state index in [1.165, 1.54) is 19.5 Å². The van der Waals surface area contributed by atoms with Crippen LogP contribution in [-0.4, -0.2) is 36.1 Å². The van der Waals surface area contributed by atoms with E-state index in [0.717, 1.165) is 33.8 Å². The van der Waals surface area contributed by atoms with Gasteiger partial charge in [0, 0.05) is 23.8 Å². The summed E-state index contributed by atoms with van der Waals surface area (Å²) in [6.07, 6.45) is 3.11. The SMILES string of the molecule is CCN1CCC(CNc2ncc(Br)cc2Br)C1. The van der Waals surface area contributed by atoms with Gasteiger partial charge in [-0.3, -0.25) is 0 Å². The first-order chi connectivity index (χ1) is 8.19. The Kier molecular flexibility index (Phi) is 4.82.